The van der Waals surface area contributed by atoms with E-state index < -0.39 is 0 Å². The molecule has 0 aromatic carbocycles. The van der Waals surface area contributed by atoms with E-state index >= 15 is 0 Å². The summed E-state index contributed by atoms with van der Waals surface area (Å²) in [5.41, 5.74) is 5.09. The van der Waals surface area contributed by atoms with Gasteiger partial charge in [-0.2, -0.15) is 0 Å². The first-order valence-corrected chi connectivity index (χ1v) is 15.7. The molecule has 46 heavy (non-hydrogen) atoms. The molecule has 6 aromatic rings. The van der Waals surface area contributed by atoms with E-state index in [1.165, 1.54) is 29.6 Å². The highest BCUT2D eigenvalue weighted by Crippen LogP contribution is 2.29. The Morgan fingerprint density at radius 1 is 0.674 bits per heavy atom. The van der Waals surface area contributed by atoms with Gasteiger partial charge in [0, 0.05) is 73.3 Å². The molecular formula is C30H29N11O3S2. The van der Waals surface area contributed by atoms with Crippen molar-refractivity contribution in [3.05, 3.63) is 67.4 Å². The standard InChI is InChI=1S/C16H16N6O2S.C14H13N5OS/c1-3-17-15(24)22-16-21-12-6-11(8-19-14(12)25-16)10-4-5-13(18-7-10)20-9(2)23;1-2-16-13(20)19-14-18-11-6-10(8-17-12(11)21-14)9-4-3-5-15-7-9/h4-8H,3H2,1-2H3,(H,18,20,23)(H2,17,21,22,24);3-8H,2H2,1H3,(H2,16,18,19,20). The Morgan fingerprint density at radius 2 is 1.22 bits per heavy atom. The maximum Gasteiger partial charge on any atom is 0.321 e. The minimum Gasteiger partial charge on any atom is -0.338 e. The van der Waals surface area contributed by atoms with Crippen LogP contribution in [0.25, 0.3) is 42.9 Å². The van der Waals surface area contributed by atoms with Gasteiger partial charge in [-0.05, 0) is 44.2 Å². The van der Waals surface area contributed by atoms with Crippen LogP contribution in [-0.2, 0) is 4.79 Å². The minimum atomic E-state index is -0.292. The summed E-state index contributed by atoms with van der Waals surface area (Å²) in [7, 11) is 0. The third-order valence-corrected chi connectivity index (χ3v) is 7.80. The van der Waals surface area contributed by atoms with Gasteiger partial charge in [0.05, 0.1) is 0 Å². The van der Waals surface area contributed by atoms with Crippen LogP contribution < -0.4 is 26.6 Å². The molecule has 0 aliphatic carbocycles. The molecule has 5 N–H and O–H groups in total. The molecule has 5 amide bonds. The van der Waals surface area contributed by atoms with E-state index in [-0.39, 0.29) is 18.0 Å². The predicted octanol–water partition coefficient (Wildman–Crippen LogP) is 5.75. The van der Waals surface area contributed by atoms with E-state index in [1.807, 2.05) is 44.2 Å². The van der Waals surface area contributed by atoms with Crippen LogP contribution in [0.1, 0.15) is 20.8 Å². The Kier molecular flexibility index (Phi) is 10.3. The second-order valence-corrected chi connectivity index (χ2v) is 11.4. The number of carbonyl (C=O) groups excluding carboxylic acids is 3. The summed E-state index contributed by atoms with van der Waals surface area (Å²) in [6, 6.07) is 10.7. The maximum absolute atomic E-state index is 11.6. The van der Waals surface area contributed by atoms with Crippen LogP contribution in [0.15, 0.2) is 67.4 Å². The Hall–Kier alpha value is -5.61. The van der Waals surface area contributed by atoms with Crippen molar-refractivity contribution in [2.24, 2.45) is 0 Å². The van der Waals surface area contributed by atoms with Crippen molar-refractivity contribution in [2.45, 2.75) is 20.8 Å². The first-order valence-electron chi connectivity index (χ1n) is 14.1. The van der Waals surface area contributed by atoms with E-state index in [4.69, 9.17) is 0 Å². The van der Waals surface area contributed by atoms with Gasteiger partial charge in [-0.1, -0.05) is 28.7 Å². The quantitative estimate of drug-likeness (QED) is 0.143. The molecule has 6 rings (SSSR count). The van der Waals surface area contributed by atoms with Gasteiger partial charge in [-0.15, -0.1) is 0 Å². The number of nitrogens with one attached hydrogen (secondary N) is 5. The molecule has 0 bridgehead atoms. The third-order valence-electron chi connectivity index (χ3n) is 6.01. The number of nitrogens with zero attached hydrogens (tertiary/aromatic N) is 6. The molecule has 6 heterocycles. The molecule has 0 saturated carbocycles. The van der Waals surface area contributed by atoms with Crippen LogP contribution in [0.2, 0.25) is 0 Å². The predicted molar refractivity (Wildman–Crippen MR) is 181 cm³/mol. The largest absolute Gasteiger partial charge is 0.338 e. The van der Waals surface area contributed by atoms with Crippen molar-refractivity contribution < 1.29 is 14.4 Å². The van der Waals surface area contributed by atoms with Crippen molar-refractivity contribution >= 4 is 77.4 Å². The normalized spacial score (nSPS) is 10.5. The zero-order valence-electron chi connectivity index (χ0n) is 25.0. The van der Waals surface area contributed by atoms with Crippen molar-refractivity contribution in [1.29, 1.82) is 0 Å². The highest BCUT2D eigenvalue weighted by Gasteiger charge is 2.11. The number of aromatic nitrogens is 6. The van der Waals surface area contributed by atoms with Gasteiger partial charge in [0.25, 0.3) is 0 Å². The summed E-state index contributed by atoms with van der Waals surface area (Å²) in [4.78, 5) is 61.5. The number of rotatable bonds is 7. The van der Waals surface area contributed by atoms with E-state index in [2.05, 4.69) is 56.5 Å². The lowest BCUT2D eigenvalue weighted by atomic mass is 10.1. The van der Waals surface area contributed by atoms with Gasteiger partial charge in [0.1, 0.15) is 26.5 Å². The molecule has 16 heteroatoms. The topological polar surface area (TPSA) is 189 Å². The van der Waals surface area contributed by atoms with Crippen LogP contribution in [0, 0.1) is 0 Å². The van der Waals surface area contributed by atoms with Crippen LogP contribution in [-0.4, -0.2) is 61.0 Å². The summed E-state index contributed by atoms with van der Waals surface area (Å²) in [6.45, 7) is 6.25. The molecule has 234 valence electrons. The van der Waals surface area contributed by atoms with Crippen LogP contribution in [0.3, 0.4) is 0 Å². The maximum atomic E-state index is 11.6. The summed E-state index contributed by atoms with van der Waals surface area (Å²) >= 11 is 2.65. The number of carbonyl (C=O) groups is 3. The smallest absolute Gasteiger partial charge is 0.321 e. The number of hydrogen-bond donors (Lipinski definition) is 5. The fraction of sp³-hybridized carbons (Fsp3) is 0.167. The average Bonchev–Trinajstić information content (AvgIpc) is 3.64. The molecule has 0 atom stereocenters. The molecule has 0 saturated heterocycles. The van der Waals surface area contributed by atoms with E-state index in [0.717, 1.165) is 37.4 Å². The van der Waals surface area contributed by atoms with Gasteiger partial charge in [-0.25, -0.2) is 34.5 Å². The van der Waals surface area contributed by atoms with Crippen molar-refractivity contribution in [2.75, 3.05) is 29.0 Å². The van der Waals surface area contributed by atoms with Crippen LogP contribution >= 0.6 is 22.7 Å². The van der Waals surface area contributed by atoms with Crippen molar-refractivity contribution in [1.82, 2.24) is 40.5 Å². The first kappa shape index (κ1) is 31.8. The van der Waals surface area contributed by atoms with Crippen LogP contribution in [0.4, 0.5) is 25.7 Å². The number of thiazole rings is 2. The van der Waals surface area contributed by atoms with Gasteiger partial charge in [-0.3, -0.25) is 20.4 Å². The van der Waals surface area contributed by atoms with Crippen molar-refractivity contribution in [3.8, 4) is 22.3 Å². The molecule has 0 radical (unpaired) electrons. The Labute approximate surface area is 271 Å². The zero-order chi connectivity index (χ0) is 32.5. The van der Waals surface area contributed by atoms with E-state index in [1.54, 1.807) is 37.1 Å². The number of amides is 5. The SMILES string of the molecule is CCNC(=O)Nc1nc2cc(-c3ccc(NC(C)=O)nc3)cnc2s1.CCNC(=O)Nc1nc2cc(-c3cccnc3)cnc2s1. The summed E-state index contributed by atoms with van der Waals surface area (Å²) < 4.78 is 0. The van der Waals surface area contributed by atoms with Gasteiger partial charge < -0.3 is 16.0 Å². The molecule has 0 spiro atoms. The number of urea groups is 2. The fourth-order valence-corrected chi connectivity index (χ4v) is 5.60. The lowest BCUT2D eigenvalue weighted by molar-refractivity contribution is -0.114. The average molecular weight is 656 g/mol. The van der Waals surface area contributed by atoms with Crippen molar-refractivity contribution in [3.63, 3.8) is 0 Å². The molecular weight excluding hydrogens is 627 g/mol. The number of anilines is 3. The summed E-state index contributed by atoms with van der Waals surface area (Å²) in [6.07, 6.45) is 8.68. The molecule has 0 aliphatic heterocycles. The summed E-state index contributed by atoms with van der Waals surface area (Å²) in [5, 5.41) is 14.3. The fourth-order valence-electron chi connectivity index (χ4n) is 4.03. The number of pyridine rings is 4. The lowest BCUT2D eigenvalue weighted by Crippen LogP contribution is -2.28. The molecule has 6 aromatic heterocycles. The van der Waals surface area contributed by atoms with Crippen LogP contribution in [0.5, 0.6) is 0 Å². The van der Waals surface area contributed by atoms with Gasteiger partial charge in [0.15, 0.2) is 10.3 Å². The third kappa shape index (κ3) is 8.30. The summed E-state index contributed by atoms with van der Waals surface area (Å²) in [5.74, 6) is 0.324. The number of hydrogen-bond acceptors (Lipinski definition) is 11. The lowest BCUT2D eigenvalue weighted by Gasteiger charge is -2.03. The first-order chi connectivity index (χ1) is 22.3. The second kappa shape index (κ2) is 14.9. The highest BCUT2D eigenvalue weighted by molar-refractivity contribution is 7.22. The molecule has 0 unspecified atom stereocenters. The van der Waals surface area contributed by atoms with Gasteiger partial charge in [0.2, 0.25) is 5.91 Å². The monoisotopic (exact) mass is 655 g/mol. The molecule has 14 nitrogen and oxygen atoms in total. The Morgan fingerprint density at radius 3 is 1.67 bits per heavy atom. The minimum absolute atomic E-state index is 0.169. The second-order valence-electron chi connectivity index (χ2n) is 9.46. The zero-order valence-corrected chi connectivity index (χ0v) is 26.6. The van der Waals surface area contributed by atoms with Gasteiger partial charge >= 0.3 is 12.1 Å². The molecule has 0 fully saturated rings. The molecule has 0 aliphatic rings. The highest BCUT2D eigenvalue weighted by atomic mass is 32.1. The Balaban J connectivity index is 0.000000184. The number of fused-ring (bicyclic) bond motifs is 2. The Bertz CT molecular complexity index is 1980. The van der Waals surface area contributed by atoms with E-state index in [0.29, 0.717) is 34.7 Å². The van der Waals surface area contributed by atoms with E-state index in [9.17, 15) is 14.4 Å².